The molecule has 140 valence electrons. The van der Waals surface area contributed by atoms with Gasteiger partial charge in [-0.2, -0.15) is 0 Å². The minimum absolute atomic E-state index is 0.215. The van der Waals surface area contributed by atoms with Gasteiger partial charge in [0.2, 0.25) is 0 Å². The van der Waals surface area contributed by atoms with E-state index in [-0.39, 0.29) is 11.1 Å². The van der Waals surface area contributed by atoms with Gasteiger partial charge in [0.15, 0.2) is 0 Å². The minimum Gasteiger partial charge on any atom is -0.372 e. The SMILES string of the molecule is CCN(CC)c1ccc(/C=C2/SC(=O)N(Cc3cccc(C)c3)C2=O)cc1. The number of carbonyl (C=O) groups excluding carboxylic acids is 2. The number of hydrogen-bond donors (Lipinski definition) is 0. The second-order valence-corrected chi connectivity index (χ2v) is 7.51. The molecule has 1 saturated heterocycles. The summed E-state index contributed by atoms with van der Waals surface area (Å²) in [4.78, 5) is 29.1. The molecular weight excluding hydrogens is 356 g/mol. The van der Waals surface area contributed by atoms with Crippen LogP contribution in [-0.2, 0) is 11.3 Å². The van der Waals surface area contributed by atoms with Crippen LogP contribution in [0.5, 0.6) is 0 Å². The highest BCUT2D eigenvalue weighted by atomic mass is 32.2. The van der Waals surface area contributed by atoms with Crippen molar-refractivity contribution in [1.82, 2.24) is 4.90 Å². The lowest BCUT2D eigenvalue weighted by molar-refractivity contribution is -0.123. The molecule has 1 aliphatic rings. The Morgan fingerprint density at radius 1 is 1.04 bits per heavy atom. The molecule has 5 heteroatoms. The highest BCUT2D eigenvalue weighted by Gasteiger charge is 2.34. The van der Waals surface area contributed by atoms with E-state index in [9.17, 15) is 9.59 Å². The number of amides is 2. The molecule has 0 unspecified atom stereocenters. The van der Waals surface area contributed by atoms with Crippen molar-refractivity contribution in [2.75, 3.05) is 18.0 Å². The maximum absolute atomic E-state index is 12.7. The van der Waals surface area contributed by atoms with Gasteiger partial charge in [0.05, 0.1) is 11.4 Å². The molecule has 2 amide bonds. The summed E-state index contributed by atoms with van der Waals surface area (Å²) in [6, 6.07) is 16.0. The van der Waals surface area contributed by atoms with Gasteiger partial charge in [-0.15, -0.1) is 0 Å². The molecule has 0 N–H and O–H groups in total. The molecule has 2 aromatic carbocycles. The van der Waals surface area contributed by atoms with E-state index >= 15 is 0 Å². The molecule has 0 aliphatic carbocycles. The van der Waals surface area contributed by atoms with Gasteiger partial charge in [-0.25, -0.2) is 0 Å². The van der Waals surface area contributed by atoms with Gasteiger partial charge in [0.25, 0.3) is 11.1 Å². The van der Waals surface area contributed by atoms with E-state index in [1.54, 1.807) is 6.08 Å². The largest absolute Gasteiger partial charge is 0.372 e. The van der Waals surface area contributed by atoms with Crippen molar-refractivity contribution >= 4 is 34.7 Å². The van der Waals surface area contributed by atoms with Gasteiger partial charge in [-0.05, 0) is 61.9 Å². The summed E-state index contributed by atoms with van der Waals surface area (Å²) in [7, 11) is 0. The summed E-state index contributed by atoms with van der Waals surface area (Å²) in [6.45, 7) is 8.47. The topological polar surface area (TPSA) is 40.6 Å². The molecule has 3 rings (SSSR count). The highest BCUT2D eigenvalue weighted by Crippen LogP contribution is 2.33. The fourth-order valence-corrected chi connectivity index (χ4v) is 3.99. The van der Waals surface area contributed by atoms with E-state index in [1.807, 2.05) is 43.3 Å². The fraction of sp³-hybridized carbons (Fsp3) is 0.273. The Labute approximate surface area is 164 Å². The number of rotatable bonds is 6. The second kappa shape index (κ2) is 8.44. The number of hydrogen-bond acceptors (Lipinski definition) is 4. The Kier molecular flexibility index (Phi) is 6.01. The Hall–Kier alpha value is -2.53. The molecule has 1 fully saturated rings. The van der Waals surface area contributed by atoms with E-state index < -0.39 is 0 Å². The lowest BCUT2D eigenvalue weighted by atomic mass is 10.1. The van der Waals surface area contributed by atoms with Crippen LogP contribution in [0, 0.1) is 6.92 Å². The highest BCUT2D eigenvalue weighted by molar-refractivity contribution is 8.18. The van der Waals surface area contributed by atoms with Crippen molar-refractivity contribution in [3.05, 3.63) is 70.1 Å². The molecule has 0 aromatic heterocycles. The smallest absolute Gasteiger partial charge is 0.293 e. The molecule has 27 heavy (non-hydrogen) atoms. The van der Waals surface area contributed by atoms with Gasteiger partial charge in [-0.1, -0.05) is 42.0 Å². The molecule has 0 saturated carbocycles. The first-order valence-electron chi connectivity index (χ1n) is 9.17. The van der Waals surface area contributed by atoms with Crippen molar-refractivity contribution in [2.45, 2.75) is 27.3 Å². The van der Waals surface area contributed by atoms with Gasteiger partial charge in [0, 0.05) is 18.8 Å². The van der Waals surface area contributed by atoms with E-state index in [2.05, 4.69) is 30.9 Å². The molecule has 2 aromatic rings. The third-order valence-electron chi connectivity index (χ3n) is 4.62. The summed E-state index contributed by atoms with van der Waals surface area (Å²) in [5.74, 6) is -0.223. The Bertz CT molecular complexity index is 870. The third kappa shape index (κ3) is 4.42. The number of thioether (sulfide) groups is 1. The van der Waals surface area contributed by atoms with Crippen LogP contribution in [0.4, 0.5) is 10.5 Å². The number of benzene rings is 2. The van der Waals surface area contributed by atoms with Crippen molar-refractivity contribution in [1.29, 1.82) is 0 Å². The zero-order valence-corrected chi connectivity index (χ0v) is 16.8. The summed E-state index contributed by atoms with van der Waals surface area (Å²) in [5.41, 5.74) is 4.15. The fourth-order valence-electron chi connectivity index (χ4n) is 3.15. The first-order valence-corrected chi connectivity index (χ1v) is 9.99. The number of anilines is 1. The average Bonchev–Trinajstić information content (AvgIpc) is 2.91. The maximum atomic E-state index is 12.7. The molecule has 0 spiro atoms. The predicted molar refractivity (Wildman–Crippen MR) is 113 cm³/mol. The quantitative estimate of drug-likeness (QED) is 0.656. The zero-order valence-electron chi connectivity index (χ0n) is 15.9. The zero-order chi connectivity index (χ0) is 19.4. The van der Waals surface area contributed by atoms with Crippen LogP contribution in [0.2, 0.25) is 0 Å². The number of nitrogens with zero attached hydrogens (tertiary/aromatic N) is 2. The Balaban J connectivity index is 1.76. The Morgan fingerprint density at radius 2 is 1.74 bits per heavy atom. The van der Waals surface area contributed by atoms with Crippen molar-refractivity contribution in [2.24, 2.45) is 0 Å². The molecular formula is C22H24N2O2S. The van der Waals surface area contributed by atoms with Crippen LogP contribution in [-0.4, -0.2) is 29.1 Å². The molecule has 1 aliphatic heterocycles. The number of carbonyl (C=O) groups is 2. The summed E-state index contributed by atoms with van der Waals surface area (Å²) >= 11 is 1.01. The van der Waals surface area contributed by atoms with Crippen molar-refractivity contribution < 1.29 is 9.59 Å². The standard InChI is InChI=1S/C22H24N2O2S/c1-4-23(5-2)19-11-9-17(10-12-19)14-20-21(25)24(22(26)27-20)15-18-8-6-7-16(3)13-18/h6-14H,4-5,15H2,1-3H3/b20-14+. The van der Waals surface area contributed by atoms with Crippen LogP contribution in [0.3, 0.4) is 0 Å². The van der Waals surface area contributed by atoms with Crippen LogP contribution in [0.15, 0.2) is 53.4 Å². The van der Waals surface area contributed by atoms with Crippen LogP contribution >= 0.6 is 11.8 Å². The second-order valence-electron chi connectivity index (χ2n) is 6.52. The summed E-state index contributed by atoms with van der Waals surface area (Å²) in [5, 5.41) is -0.215. The lowest BCUT2D eigenvalue weighted by Crippen LogP contribution is -2.27. The maximum Gasteiger partial charge on any atom is 0.293 e. The van der Waals surface area contributed by atoms with E-state index in [0.717, 1.165) is 47.2 Å². The van der Waals surface area contributed by atoms with E-state index in [0.29, 0.717) is 11.4 Å². The molecule has 1 heterocycles. The van der Waals surface area contributed by atoms with Gasteiger partial charge in [-0.3, -0.25) is 14.5 Å². The van der Waals surface area contributed by atoms with E-state index in [1.165, 1.54) is 4.90 Å². The monoisotopic (exact) mass is 380 g/mol. The van der Waals surface area contributed by atoms with Gasteiger partial charge in [0.1, 0.15) is 0 Å². The van der Waals surface area contributed by atoms with E-state index in [4.69, 9.17) is 0 Å². The lowest BCUT2D eigenvalue weighted by Gasteiger charge is -2.20. The van der Waals surface area contributed by atoms with Crippen molar-refractivity contribution in [3.8, 4) is 0 Å². The van der Waals surface area contributed by atoms with Crippen LogP contribution in [0.1, 0.15) is 30.5 Å². The average molecular weight is 381 g/mol. The third-order valence-corrected chi connectivity index (χ3v) is 5.52. The van der Waals surface area contributed by atoms with Gasteiger partial charge < -0.3 is 4.90 Å². The van der Waals surface area contributed by atoms with Crippen molar-refractivity contribution in [3.63, 3.8) is 0 Å². The minimum atomic E-state index is -0.223. The van der Waals surface area contributed by atoms with Gasteiger partial charge >= 0.3 is 0 Å². The summed E-state index contributed by atoms with van der Waals surface area (Å²) in [6.07, 6.45) is 1.80. The van der Waals surface area contributed by atoms with Crippen LogP contribution in [0.25, 0.3) is 6.08 Å². The molecule has 4 nitrogen and oxygen atoms in total. The Morgan fingerprint density at radius 3 is 2.37 bits per heavy atom. The first kappa shape index (κ1) is 19.2. The van der Waals surface area contributed by atoms with Crippen LogP contribution < -0.4 is 4.90 Å². The summed E-state index contributed by atoms with van der Waals surface area (Å²) < 4.78 is 0. The molecule has 0 atom stereocenters. The number of aryl methyl sites for hydroxylation is 1. The first-order chi connectivity index (χ1) is 13.0. The molecule has 0 bridgehead atoms. The predicted octanol–water partition coefficient (Wildman–Crippen LogP) is 5.08. The number of imide groups is 1. The molecule has 0 radical (unpaired) electrons. The normalized spacial score (nSPS) is 15.7.